The second kappa shape index (κ2) is 11.7. The molecule has 0 fully saturated rings. The molecule has 11 heteroatoms. The molecule has 43 heavy (non-hydrogen) atoms. The molecular formula is C32H34ClN7O3. The molecule has 2 aromatic carbocycles. The lowest BCUT2D eigenvalue weighted by molar-refractivity contribution is 0.171. The monoisotopic (exact) mass is 599 g/mol. The fraction of sp³-hybridized carbons (Fsp3) is 0.312. The van der Waals surface area contributed by atoms with Crippen molar-refractivity contribution in [2.24, 2.45) is 0 Å². The molecule has 1 aliphatic rings. The molecule has 3 N–H and O–H groups in total. The Labute approximate surface area is 254 Å². The van der Waals surface area contributed by atoms with Gasteiger partial charge in [0.15, 0.2) is 11.5 Å². The molecule has 0 saturated carbocycles. The fourth-order valence-corrected chi connectivity index (χ4v) is 5.63. The summed E-state index contributed by atoms with van der Waals surface area (Å²) in [6.45, 7) is 6.38. The van der Waals surface area contributed by atoms with E-state index in [0.29, 0.717) is 40.9 Å². The van der Waals surface area contributed by atoms with Gasteiger partial charge in [-0.3, -0.25) is 9.72 Å². The summed E-state index contributed by atoms with van der Waals surface area (Å²) in [6.07, 6.45) is 3.08. The van der Waals surface area contributed by atoms with Gasteiger partial charge >= 0.3 is 6.03 Å². The Bertz CT molecular complexity index is 1770. The van der Waals surface area contributed by atoms with Crippen LogP contribution in [0.25, 0.3) is 17.0 Å². The quantitative estimate of drug-likeness (QED) is 0.202. The maximum atomic E-state index is 13.2. The third-order valence-corrected chi connectivity index (χ3v) is 7.94. The number of halogens is 1. The lowest BCUT2D eigenvalue weighted by Crippen LogP contribution is -2.36. The lowest BCUT2D eigenvalue weighted by Gasteiger charge is -2.32. The number of hydrogen-bond donors (Lipinski definition) is 3. The Balaban J connectivity index is 1.20. The van der Waals surface area contributed by atoms with Gasteiger partial charge < -0.3 is 15.2 Å². The number of rotatable bonds is 7. The number of fused-ring (bicyclic) bond motifs is 2. The molecule has 0 radical (unpaired) electrons. The highest BCUT2D eigenvalue weighted by atomic mass is 35.5. The molecule has 5 aromatic rings. The average Bonchev–Trinajstić information content (AvgIpc) is 3.59. The number of ether oxygens (including phenoxy) is 1. The predicted octanol–water partition coefficient (Wildman–Crippen LogP) is 6.31. The highest BCUT2D eigenvalue weighted by Gasteiger charge is 2.30. The van der Waals surface area contributed by atoms with Gasteiger partial charge in [0.1, 0.15) is 17.7 Å². The van der Waals surface area contributed by atoms with Crippen molar-refractivity contribution in [1.82, 2.24) is 29.7 Å². The van der Waals surface area contributed by atoms with Crippen molar-refractivity contribution in [3.63, 3.8) is 0 Å². The van der Waals surface area contributed by atoms with E-state index in [4.69, 9.17) is 16.3 Å². The summed E-state index contributed by atoms with van der Waals surface area (Å²) in [5.74, 6) is 1.86. The smallest absolute Gasteiger partial charge is 0.320 e. The van der Waals surface area contributed by atoms with Crippen molar-refractivity contribution in [1.29, 1.82) is 0 Å². The van der Waals surface area contributed by atoms with Gasteiger partial charge in [-0.25, -0.2) is 9.48 Å². The number of pyridine rings is 1. The van der Waals surface area contributed by atoms with Crippen LogP contribution in [-0.2, 0) is 12.0 Å². The minimum absolute atomic E-state index is 0.0788. The van der Waals surface area contributed by atoms with Gasteiger partial charge in [-0.15, -0.1) is 10.2 Å². The number of aliphatic hydroxyl groups excluding tert-OH is 1. The largest absolute Gasteiger partial charge is 0.484 e. The number of nitrogens with one attached hydrogen (secondary N) is 2. The van der Waals surface area contributed by atoms with Crippen molar-refractivity contribution in [3.8, 4) is 17.1 Å². The summed E-state index contributed by atoms with van der Waals surface area (Å²) in [5, 5.41) is 29.4. The van der Waals surface area contributed by atoms with Crippen LogP contribution in [0.5, 0.6) is 5.75 Å². The molecule has 10 nitrogen and oxygen atoms in total. The molecule has 0 unspecified atom stereocenters. The van der Waals surface area contributed by atoms with Crippen LogP contribution in [0, 0.1) is 0 Å². The van der Waals surface area contributed by atoms with E-state index in [1.807, 2.05) is 77.3 Å². The number of urea groups is 1. The molecule has 222 valence electrons. The number of carbonyl (C=O) groups is 1. The van der Waals surface area contributed by atoms with Crippen LogP contribution in [0.3, 0.4) is 0 Å². The third kappa shape index (κ3) is 5.93. The first-order valence-electron chi connectivity index (χ1n) is 14.3. The van der Waals surface area contributed by atoms with Gasteiger partial charge in [0.25, 0.3) is 0 Å². The highest BCUT2D eigenvalue weighted by Crippen LogP contribution is 2.39. The molecule has 3 aromatic heterocycles. The topological polar surface area (TPSA) is 119 Å². The Hall–Kier alpha value is -4.41. The second-order valence-corrected chi connectivity index (χ2v) is 12.1. The molecule has 0 bridgehead atoms. The summed E-state index contributed by atoms with van der Waals surface area (Å²) < 4.78 is 10.0. The number of nitrogens with zero attached hydrogens (tertiary/aromatic N) is 5. The summed E-state index contributed by atoms with van der Waals surface area (Å²) in [7, 11) is 0. The van der Waals surface area contributed by atoms with E-state index >= 15 is 0 Å². The maximum Gasteiger partial charge on any atom is 0.320 e. The zero-order valence-electron chi connectivity index (χ0n) is 24.3. The molecule has 6 rings (SSSR count). The van der Waals surface area contributed by atoms with Gasteiger partial charge in [0.2, 0.25) is 0 Å². The number of amides is 2. The number of benzene rings is 2. The van der Waals surface area contributed by atoms with E-state index in [1.54, 1.807) is 4.68 Å². The molecule has 0 aliphatic heterocycles. The van der Waals surface area contributed by atoms with E-state index in [0.717, 1.165) is 22.4 Å². The van der Waals surface area contributed by atoms with Gasteiger partial charge in [-0.05, 0) is 48.2 Å². The minimum atomic E-state index is -0.330. The molecule has 0 saturated heterocycles. The fourth-order valence-electron chi connectivity index (χ4n) is 5.41. The summed E-state index contributed by atoms with van der Waals surface area (Å²) in [5.41, 5.74) is 4.15. The first-order valence-corrected chi connectivity index (χ1v) is 14.7. The summed E-state index contributed by atoms with van der Waals surface area (Å²) in [4.78, 5) is 13.2. The molecule has 3 heterocycles. The number of aliphatic hydroxyl groups is 1. The van der Waals surface area contributed by atoms with Crippen LogP contribution in [0.15, 0.2) is 72.9 Å². The zero-order chi connectivity index (χ0) is 30.1. The van der Waals surface area contributed by atoms with Crippen LogP contribution in [0.1, 0.15) is 62.6 Å². The van der Waals surface area contributed by atoms with Gasteiger partial charge in [-0.2, -0.15) is 5.10 Å². The maximum absolute atomic E-state index is 13.2. The predicted molar refractivity (Wildman–Crippen MR) is 165 cm³/mol. The normalized spacial score (nSPS) is 16.6. The second-order valence-electron chi connectivity index (χ2n) is 11.7. The van der Waals surface area contributed by atoms with Crippen molar-refractivity contribution in [2.75, 3.05) is 11.9 Å². The minimum Gasteiger partial charge on any atom is -0.484 e. The Morgan fingerprint density at radius 2 is 1.81 bits per heavy atom. The van der Waals surface area contributed by atoms with Crippen molar-refractivity contribution < 1.29 is 14.6 Å². The first-order chi connectivity index (χ1) is 20.7. The Morgan fingerprint density at radius 3 is 2.58 bits per heavy atom. The highest BCUT2D eigenvalue weighted by molar-refractivity contribution is 6.33. The molecule has 1 aliphatic carbocycles. The number of aromatic nitrogens is 5. The van der Waals surface area contributed by atoms with Crippen molar-refractivity contribution >= 4 is 29.1 Å². The third-order valence-electron chi connectivity index (χ3n) is 7.61. The van der Waals surface area contributed by atoms with Crippen LogP contribution >= 0.6 is 11.6 Å². The average molecular weight is 600 g/mol. The summed E-state index contributed by atoms with van der Waals surface area (Å²) in [6, 6.07) is 20.7. The van der Waals surface area contributed by atoms with E-state index in [2.05, 4.69) is 46.7 Å². The molecule has 2 amide bonds. The van der Waals surface area contributed by atoms with Crippen molar-refractivity contribution in [3.05, 3.63) is 94.8 Å². The number of anilines is 1. The molecule has 2 atom stereocenters. The SMILES string of the molecule is CC(C)(C)c1cc(NC(=O)N[C@H]2CC[C@@H](Oc3ccc4nnc(-c5ccccc5Cl)n4c3)c3ccccc32)n(CCO)n1. The van der Waals surface area contributed by atoms with Crippen molar-refractivity contribution in [2.45, 2.75) is 57.7 Å². The number of carbonyl (C=O) groups excluding carboxylic acids is 1. The standard InChI is InChI=1S/C32H34ClN7O3/c1-32(2,3)27-18-29(40(38-27)16-17-41)35-31(42)34-25-13-14-26(22-9-5-4-8-21(22)25)43-20-12-15-28-36-37-30(39(28)19-20)23-10-6-7-11-24(23)33/h4-12,15,18-19,25-26,41H,13-14,16-17H2,1-3H3,(H2,34,35,42)/t25-,26+/m0/s1. The summed E-state index contributed by atoms with van der Waals surface area (Å²) >= 11 is 6.44. The lowest BCUT2D eigenvalue weighted by atomic mass is 9.85. The van der Waals surface area contributed by atoms with E-state index in [9.17, 15) is 9.90 Å². The first kappa shape index (κ1) is 28.7. The van der Waals surface area contributed by atoms with Gasteiger partial charge in [0, 0.05) is 17.0 Å². The van der Waals surface area contributed by atoms with E-state index in [-0.39, 0.29) is 36.7 Å². The van der Waals surface area contributed by atoms with Gasteiger partial charge in [0.05, 0.1) is 36.1 Å². The number of hydrogen-bond acceptors (Lipinski definition) is 6. The van der Waals surface area contributed by atoms with Crippen LogP contribution in [0.4, 0.5) is 10.6 Å². The van der Waals surface area contributed by atoms with Crippen LogP contribution in [-0.4, -0.2) is 42.1 Å². The van der Waals surface area contributed by atoms with Gasteiger partial charge in [-0.1, -0.05) is 68.8 Å². The van der Waals surface area contributed by atoms with Crippen LogP contribution < -0.4 is 15.4 Å². The zero-order valence-corrected chi connectivity index (χ0v) is 25.0. The van der Waals surface area contributed by atoms with Crippen LogP contribution in [0.2, 0.25) is 5.02 Å². The molecule has 0 spiro atoms. The van der Waals surface area contributed by atoms with E-state index < -0.39 is 0 Å². The molecular weight excluding hydrogens is 566 g/mol. The van der Waals surface area contributed by atoms with E-state index in [1.165, 1.54) is 0 Å². The Morgan fingerprint density at radius 1 is 1.05 bits per heavy atom. The Kier molecular flexibility index (Phi) is 7.81.